The minimum atomic E-state index is -0.144. The first kappa shape index (κ1) is 15.3. The van der Waals surface area contributed by atoms with Gasteiger partial charge in [0.1, 0.15) is 0 Å². The molecule has 1 aromatic carbocycles. The summed E-state index contributed by atoms with van der Waals surface area (Å²) >= 11 is 0. The molecule has 1 aliphatic heterocycles. The summed E-state index contributed by atoms with van der Waals surface area (Å²) in [5, 5.41) is 0. The van der Waals surface area contributed by atoms with Gasteiger partial charge in [-0.3, -0.25) is 15.1 Å². The van der Waals surface area contributed by atoms with E-state index in [1.54, 1.807) is 4.90 Å². The third kappa shape index (κ3) is 3.72. The number of carbonyl (C=O) groups is 2. The van der Waals surface area contributed by atoms with E-state index in [-0.39, 0.29) is 11.9 Å². The summed E-state index contributed by atoms with van der Waals surface area (Å²) in [6, 6.07) is 8.02. The fraction of sp³-hybridized carbons (Fsp3) is 0.467. The number of anilines is 1. The van der Waals surface area contributed by atoms with Crippen LogP contribution in [0.5, 0.6) is 0 Å². The summed E-state index contributed by atoms with van der Waals surface area (Å²) in [5.74, 6) is 4.89. The lowest BCUT2D eigenvalue weighted by molar-refractivity contribution is -0.121. The molecule has 6 nitrogen and oxygen atoms in total. The number of hydrazine groups is 1. The third-order valence-corrected chi connectivity index (χ3v) is 3.69. The summed E-state index contributed by atoms with van der Waals surface area (Å²) in [6.07, 6.45) is 2.97. The van der Waals surface area contributed by atoms with Gasteiger partial charge in [-0.05, 0) is 24.5 Å². The van der Waals surface area contributed by atoms with Gasteiger partial charge in [0, 0.05) is 26.6 Å². The average Bonchev–Trinajstić information content (AvgIpc) is 2.50. The molecule has 1 heterocycles. The maximum Gasteiger partial charge on any atom is 0.324 e. The summed E-state index contributed by atoms with van der Waals surface area (Å²) in [4.78, 5) is 26.9. The molecule has 0 aliphatic carbocycles. The second kappa shape index (κ2) is 7.08. The van der Waals surface area contributed by atoms with Crippen molar-refractivity contribution in [2.45, 2.75) is 32.2 Å². The molecule has 21 heavy (non-hydrogen) atoms. The molecule has 6 heteroatoms. The van der Waals surface area contributed by atoms with Crippen LogP contribution in [0.2, 0.25) is 0 Å². The van der Waals surface area contributed by atoms with Crippen molar-refractivity contribution < 1.29 is 9.59 Å². The van der Waals surface area contributed by atoms with E-state index in [1.165, 1.54) is 5.56 Å². The molecule has 3 N–H and O–H groups in total. The second-order valence-corrected chi connectivity index (χ2v) is 5.30. The minimum Gasteiger partial charge on any atom is -0.323 e. The molecule has 3 amide bonds. The van der Waals surface area contributed by atoms with E-state index in [2.05, 4.69) is 11.5 Å². The number of para-hydroxylation sites is 1. The Kier molecular flexibility index (Phi) is 5.16. The molecule has 114 valence electrons. The van der Waals surface area contributed by atoms with Gasteiger partial charge in [-0.1, -0.05) is 24.6 Å². The van der Waals surface area contributed by atoms with Crippen molar-refractivity contribution in [3.8, 4) is 0 Å². The number of urea groups is 1. The summed E-state index contributed by atoms with van der Waals surface area (Å²) in [7, 11) is 1.82. The number of nitrogens with one attached hydrogen (secondary N) is 1. The van der Waals surface area contributed by atoms with E-state index < -0.39 is 0 Å². The molecule has 0 fully saturated rings. The molecular weight excluding hydrogens is 268 g/mol. The van der Waals surface area contributed by atoms with E-state index in [0.717, 1.165) is 24.9 Å². The largest absolute Gasteiger partial charge is 0.324 e. The number of fused-ring (bicyclic) bond motifs is 1. The first-order valence-corrected chi connectivity index (χ1v) is 7.23. The van der Waals surface area contributed by atoms with Crippen LogP contribution in [0.3, 0.4) is 0 Å². The highest BCUT2D eigenvalue weighted by Gasteiger charge is 2.26. The molecule has 0 bridgehead atoms. The minimum absolute atomic E-state index is 0.0356. The van der Waals surface area contributed by atoms with Gasteiger partial charge in [-0.15, -0.1) is 0 Å². The number of hydrogen-bond acceptors (Lipinski definition) is 3. The Hall–Kier alpha value is -2.08. The molecule has 0 atom stereocenters. The van der Waals surface area contributed by atoms with Crippen molar-refractivity contribution in [3.05, 3.63) is 29.8 Å². The SMILES string of the molecule is CN1Cc2ccccc2N(CCCCCC(=O)NN)C1=O. The van der Waals surface area contributed by atoms with Gasteiger partial charge in [-0.25, -0.2) is 10.6 Å². The lowest BCUT2D eigenvalue weighted by atomic mass is 10.1. The Labute approximate surface area is 124 Å². The molecule has 1 aliphatic rings. The molecule has 2 rings (SSSR count). The number of rotatable bonds is 6. The van der Waals surface area contributed by atoms with Crippen LogP contribution in [0.15, 0.2) is 24.3 Å². The standard InChI is InChI=1S/C15H22N4O2/c1-18-11-12-7-4-5-8-13(12)19(15(18)21)10-6-2-3-9-14(20)17-16/h4-5,7-8H,2-3,6,9-11,16H2,1H3,(H,17,20). The van der Waals surface area contributed by atoms with Crippen LogP contribution in [-0.4, -0.2) is 30.4 Å². The van der Waals surface area contributed by atoms with Crippen LogP contribution >= 0.6 is 0 Å². The fourth-order valence-corrected chi connectivity index (χ4v) is 2.56. The normalized spacial score (nSPS) is 14.1. The van der Waals surface area contributed by atoms with Gasteiger partial charge >= 0.3 is 6.03 Å². The van der Waals surface area contributed by atoms with E-state index in [9.17, 15) is 9.59 Å². The lowest BCUT2D eigenvalue weighted by Gasteiger charge is -2.35. The van der Waals surface area contributed by atoms with Crippen LogP contribution < -0.4 is 16.2 Å². The quantitative estimate of drug-likeness (QED) is 0.361. The van der Waals surface area contributed by atoms with Gasteiger partial charge in [0.05, 0.1) is 5.69 Å². The number of nitrogens with zero attached hydrogens (tertiary/aromatic N) is 2. The molecular formula is C15H22N4O2. The fourth-order valence-electron chi connectivity index (χ4n) is 2.56. The highest BCUT2D eigenvalue weighted by Crippen LogP contribution is 2.27. The van der Waals surface area contributed by atoms with Crippen LogP contribution in [0, 0.1) is 0 Å². The zero-order valence-corrected chi connectivity index (χ0v) is 12.3. The number of nitrogens with two attached hydrogens (primary N) is 1. The van der Waals surface area contributed by atoms with Crippen LogP contribution in [-0.2, 0) is 11.3 Å². The summed E-state index contributed by atoms with van der Waals surface area (Å²) < 4.78 is 0. The summed E-state index contributed by atoms with van der Waals surface area (Å²) in [6.45, 7) is 1.33. The first-order chi connectivity index (χ1) is 10.1. The van der Waals surface area contributed by atoms with Gasteiger partial charge in [0.25, 0.3) is 0 Å². The zero-order valence-electron chi connectivity index (χ0n) is 12.3. The van der Waals surface area contributed by atoms with Crippen molar-refractivity contribution in [1.29, 1.82) is 0 Å². The highest BCUT2D eigenvalue weighted by molar-refractivity contribution is 5.94. The Morgan fingerprint density at radius 2 is 2.05 bits per heavy atom. The molecule has 0 unspecified atom stereocenters. The van der Waals surface area contributed by atoms with Crippen molar-refractivity contribution >= 4 is 17.6 Å². The zero-order chi connectivity index (χ0) is 15.2. The summed E-state index contributed by atoms with van der Waals surface area (Å²) in [5.41, 5.74) is 4.29. The van der Waals surface area contributed by atoms with Gasteiger partial charge in [-0.2, -0.15) is 0 Å². The smallest absolute Gasteiger partial charge is 0.323 e. The number of carbonyl (C=O) groups excluding carboxylic acids is 2. The Bertz CT molecular complexity index is 518. The molecule has 0 saturated carbocycles. The van der Waals surface area contributed by atoms with Crippen molar-refractivity contribution in [1.82, 2.24) is 10.3 Å². The lowest BCUT2D eigenvalue weighted by Crippen LogP contribution is -2.45. The number of benzene rings is 1. The topological polar surface area (TPSA) is 78.7 Å². The van der Waals surface area contributed by atoms with Crippen LogP contribution in [0.1, 0.15) is 31.2 Å². The average molecular weight is 290 g/mol. The second-order valence-electron chi connectivity index (χ2n) is 5.30. The Morgan fingerprint density at radius 3 is 2.81 bits per heavy atom. The van der Waals surface area contributed by atoms with Crippen LogP contribution in [0.4, 0.5) is 10.5 Å². The first-order valence-electron chi connectivity index (χ1n) is 7.23. The van der Waals surface area contributed by atoms with E-state index in [1.807, 2.05) is 30.1 Å². The molecule has 0 saturated heterocycles. The predicted molar refractivity (Wildman–Crippen MR) is 81.4 cm³/mol. The van der Waals surface area contributed by atoms with Gasteiger partial charge in [0.2, 0.25) is 5.91 Å². The predicted octanol–water partition coefficient (Wildman–Crippen LogP) is 1.61. The van der Waals surface area contributed by atoms with E-state index in [4.69, 9.17) is 5.84 Å². The Morgan fingerprint density at radius 1 is 1.29 bits per heavy atom. The maximum atomic E-state index is 12.3. The highest BCUT2D eigenvalue weighted by atomic mass is 16.2. The van der Waals surface area contributed by atoms with Crippen molar-refractivity contribution in [2.24, 2.45) is 5.84 Å². The van der Waals surface area contributed by atoms with Gasteiger partial charge in [0.15, 0.2) is 0 Å². The molecule has 0 radical (unpaired) electrons. The molecule has 0 spiro atoms. The monoisotopic (exact) mass is 290 g/mol. The number of hydrogen-bond donors (Lipinski definition) is 2. The van der Waals surface area contributed by atoms with Gasteiger partial charge < -0.3 is 4.90 Å². The van der Waals surface area contributed by atoms with Crippen LogP contribution in [0.25, 0.3) is 0 Å². The Balaban J connectivity index is 1.90. The number of amides is 3. The van der Waals surface area contributed by atoms with E-state index in [0.29, 0.717) is 19.5 Å². The maximum absolute atomic E-state index is 12.3. The number of unbranched alkanes of at least 4 members (excludes halogenated alkanes) is 2. The molecule has 1 aromatic rings. The van der Waals surface area contributed by atoms with E-state index >= 15 is 0 Å². The van der Waals surface area contributed by atoms with Crippen molar-refractivity contribution in [3.63, 3.8) is 0 Å². The third-order valence-electron chi connectivity index (χ3n) is 3.69. The van der Waals surface area contributed by atoms with Crippen molar-refractivity contribution in [2.75, 3.05) is 18.5 Å². The molecule has 0 aromatic heterocycles.